The molecule has 0 saturated heterocycles. The number of nitrogens with one attached hydrogen (secondary N) is 2. The number of hydrogen-bond donors (Lipinski definition) is 2. The van der Waals surface area contributed by atoms with Gasteiger partial charge in [0.05, 0.1) is 27.9 Å². The molecule has 2 rings (SSSR count). The largest absolute Gasteiger partial charge is 0.493 e. The topological polar surface area (TPSA) is 64.1 Å². The van der Waals surface area contributed by atoms with Gasteiger partial charge in [-0.25, -0.2) is 4.99 Å². The Kier molecular flexibility index (Phi) is 9.50. The fraction of sp³-hybridized carbons (Fsp3) is 0.409. The van der Waals surface area contributed by atoms with Gasteiger partial charge in [-0.3, -0.25) is 0 Å². The third-order valence-electron chi connectivity index (χ3n) is 4.17. The molecule has 2 aromatic carbocycles. The molecule has 1 atom stereocenters. The second kappa shape index (κ2) is 12.1. The molecule has 0 aromatic heterocycles. The molecule has 2 aromatic rings. The van der Waals surface area contributed by atoms with E-state index < -0.39 is 0 Å². The molecule has 0 aliphatic carbocycles. The first-order chi connectivity index (χ1) is 14.1. The number of thioether (sulfide) groups is 1. The Balaban J connectivity index is 2.05. The van der Waals surface area contributed by atoms with Gasteiger partial charge < -0.3 is 24.8 Å². The number of nitrogens with zero attached hydrogens (tertiary/aromatic N) is 1. The molecule has 0 bridgehead atoms. The van der Waals surface area contributed by atoms with Gasteiger partial charge in [0, 0.05) is 28.8 Å². The third-order valence-corrected chi connectivity index (χ3v) is 5.29. The van der Waals surface area contributed by atoms with Gasteiger partial charge in [-0.15, -0.1) is 11.8 Å². The van der Waals surface area contributed by atoms with Gasteiger partial charge in [0.15, 0.2) is 17.5 Å². The molecule has 6 nitrogen and oxygen atoms in total. The van der Waals surface area contributed by atoms with Gasteiger partial charge in [-0.1, -0.05) is 25.1 Å². The van der Waals surface area contributed by atoms with E-state index in [-0.39, 0.29) is 0 Å². The highest BCUT2D eigenvalue weighted by atomic mass is 32.2. The Hall–Kier alpha value is -2.54. The number of methoxy groups -OCH3 is 3. The highest BCUT2D eigenvalue weighted by Gasteiger charge is 2.15. The molecule has 0 aliphatic rings. The highest BCUT2D eigenvalue weighted by molar-refractivity contribution is 8.00. The summed E-state index contributed by atoms with van der Waals surface area (Å²) in [6, 6.07) is 14.2. The van der Waals surface area contributed by atoms with E-state index in [2.05, 4.69) is 48.7 Å². The van der Waals surface area contributed by atoms with Gasteiger partial charge in [0.2, 0.25) is 5.75 Å². The van der Waals surface area contributed by atoms with Crippen LogP contribution in [0.15, 0.2) is 52.4 Å². The van der Waals surface area contributed by atoms with Crippen molar-refractivity contribution in [3.8, 4) is 17.2 Å². The number of ether oxygens (including phenoxy) is 3. The predicted molar refractivity (Wildman–Crippen MR) is 121 cm³/mol. The van der Waals surface area contributed by atoms with E-state index in [1.54, 1.807) is 21.3 Å². The molecule has 0 aliphatic heterocycles. The lowest BCUT2D eigenvalue weighted by Crippen LogP contribution is -2.40. The van der Waals surface area contributed by atoms with Crippen molar-refractivity contribution in [1.29, 1.82) is 0 Å². The monoisotopic (exact) mass is 417 g/mol. The molecule has 1 unspecified atom stereocenters. The van der Waals surface area contributed by atoms with Gasteiger partial charge in [0.1, 0.15) is 0 Å². The van der Waals surface area contributed by atoms with Gasteiger partial charge in [-0.2, -0.15) is 0 Å². The van der Waals surface area contributed by atoms with E-state index in [1.165, 1.54) is 4.90 Å². The molecule has 2 N–H and O–H groups in total. The summed E-state index contributed by atoms with van der Waals surface area (Å²) in [5.74, 6) is 2.62. The summed E-state index contributed by atoms with van der Waals surface area (Å²) >= 11 is 1.84. The van der Waals surface area contributed by atoms with Gasteiger partial charge >= 0.3 is 0 Å². The van der Waals surface area contributed by atoms with Crippen molar-refractivity contribution in [2.45, 2.75) is 30.5 Å². The number of rotatable bonds is 10. The summed E-state index contributed by atoms with van der Waals surface area (Å²) < 4.78 is 16.3. The molecule has 0 saturated carbocycles. The van der Waals surface area contributed by atoms with E-state index in [0.29, 0.717) is 29.0 Å². The summed E-state index contributed by atoms with van der Waals surface area (Å²) in [6.45, 7) is 6.30. The maximum Gasteiger partial charge on any atom is 0.203 e. The van der Waals surface area contributed by atoms with Crippen LogP contribution in [0.4, 0.5) is 0 Å². The minimum atomic E-state index is 0.400. The van der Waals surface area contributed by atoms with Crippen LogP contribution in [0.3, 0.4) is 0 Å². The summed E-state index contributed by atoms with van der Waals surface area (Å²) in [5.41, 5.74) is 0.925. The molecule has 7 heteroatoms. The van der Waals surface area contributed by atoms with Crippen LogP contribution in [-0.2, 0) is 6.54 Å². The second-order valence-electron chi connectivity index (χ2n) is 6.31. The Labute approximate surface area is 178 Å². The van der Waals surface area contributed by atoms with Crippen molar-refractivity contribution in [3.05, 3.63) is 48.0 Å². The van der Waals surface area contributed by atoms with E-state index in [1.807, 2.05) is 30.0 Å². The van der Waals surface area contributed by atoms with Gasteiger partial charge in [-0.05, 0) is 31.2 Å². The first-order valence-corrected chi connectivity index (χ1v) is 10.5. The molecule has 0 heterocycles. The van der Waals surface area contributed by atoms with Crippen LogP contribution in [0.2, 0.25) is 0 Å². The van der Waals surface area contributed by atoms with E-state index in [0.717, 1.165) is 24.6 Å². The number of benzene rings is 2. The lowest BCUT2D eigenvalue weighted by molar-refractivity contribution is 0.322. The fourth-order valence-corrected chi connectivity index (χ4v) is 3.75. The SMILES string of the molecule is CCNC(=NCc1ccc(OC)c(OC)c1OC)NCC(C)Sc1ccccc1. The smallest absolute Gasteiger partial charge is 0.203 e. The molecule has 0 radical (unpaired) electrons. The first kappa shape index (κ1) is 22.7. The lowest BCUT2D eigenvalue weighted by atomic mass is 10.1. The third kappa shape index (κ3) is 6.78. The average molecular weight is 418 g/mol. The van der Waals surface area contributed by atoms with Crippen LogP contribution in [0.25, 0.3) is 0 Å². The minimum Gasteiger partial charge on any atom is -0.493 e. The molecule has 158 valence electrons. The van der Waals surface area contributed by atoms with Crippen LogP contribution >= 0.6 is 11.8 Å². The fourth-order valence-electron chi connectivity index (χ4n) is 2.81. The van der Waals surface area contributed by atoms with Gasteiger partial charge in [0.25, 0.3) is 0 Å². The van der Waals surface area contributed by atoms with Crippen LogP contribution in [-0.4, -0.2) is 45.6 Å². The zero-order chi connectivity index (χ0) is 21.1. The Morgan fingerprint density at radius 2 is 1.69 bits per heavy atom. The molecular formula is C22H31N3O3S. The number of guanidine groups is 1. The van der Waals surface area contributed by atoms with E-state index in [9.17, 15) is 0 Å². The van der Waals surface area contributed by atoms with Crippen molar-refractivity contribution in [2.75, 3.05) is 34.4 Å². The minimum absolute atomic E-state index is 0.400. The summed E-state index contributed by atoms with van der Waals surface area (Å²) in [6.07, 6.45) is 0. The summed E-state index contributed by atoms with van der Waals surface area (Å²) in [7, 11) is 4.83. The quantitative estimate of drug-likeness (QED) is 0.347. The Bertz CT molecular complexity index is 784. The molecule has 0 fully saturated rings. The van der Waals surface area contributed by atoms with Crippen LogP contribution in [0, 0.1) is 0 Å². The molecule has 29 heavy (non-hydrogen) atoms. The molecular weight excluding hydrogens is 386 g/mol. The predicted octanol–water partition coefficient (Wildman–Crippen LogP) is 3.95. The zero-order valence-corrected chi connectivity index (χ0v) is 18.6. The van der Waals surface area contributed by atoms with Crippen molar-refractivity contribution in [2.24, 2.45) is 4.99 Å². The maximum absolute atomic E-state index is 5.55. The normalized spacial score (nSPS) is 12.2. The zero-order valence-electron chi connectivity index (χ0n) is 17.8. The molecule has 0 amide bonds. The summed E-state index contributed by atoms with van der Waals surface area (Å²) in [4.78, 5) is 5.97. The van der Waals surface area contributed by atoms with Crippen molar-refractivity contribution < 1.29 is 14.2 Å². The standard InChI is InChI=1S/C22H31N3O3S/c1-6-23-22(24-14-16(2)29-18-10-8-7-9-11-18)25-15-17-12-13-19(26-3)21(28-5)20(17)27-4/h7-13,16H,6,14-15H2,1-5H3,(H2,23,24,25). The molecule has 0 spiro atoms. The Morgan fingerprint density at radius 1 is 0.966 bits per heavy atom. The van der Waals surface area contributed by atoms with Crippen molar-refractivity contribution >= 4 is 17.7 Å². The van der Waals surface area contributed by atoms with Crippen LogP contribution in [0.5, 0.6) is 17.2 Å². The second-order valence-corrected chi connectivity index (χ2v) is 7.82. The Morgan fingerprint density at radius 3 is 2.31 bits per heavy atom. The lowest BCUT2D eigenvalue weighted by Gasteiger charge is -2.17. The average Bonchev–Trinajstić information content (AvgIpc) is 2.75. The summed E-state index contributed by atoms with van der Waals surface area (Å²) in [5, 5.41) is 7.11. The van der Waals surface area contributed by atoms with Crippen molar-refractivity contribution in [1.82, 2.24) is 10.6 Å². The van der Waals surface area contributed by atoms with Crippen LogP contribution < -0.4 is 24.8 Å². The number of hydrogen-bond acceptors (Lipinski definition) is 5. The van der Waals surface area contributed by atoms with E-state index in [4.69, 9.17) is 19.2 Å². The van der Waals surface area contributed by atoms with E-state index >= 15 is 0 Å². The highest BCUT2D eigenvalue weighted by Crippen LogP contribution is 2.39. The van der Waals surface area contributed by atoms with Crippen molar-refractivity contribution in [3.63, 3.8) is 0 Å². The van der Waals surface area contributed by atoms with Crippen LogP contribution in [0.1, 0.15) is 19.4 Å². The first-order valence-electron chi connectivity index (χ1n) is 9.64. The maximum atomic E-state index is 5.55. The number of aliphatic imine (C=N–C) groups is 1.